The van der Waals surface area contributed by atoms with E-state index in [4.69, 9.17) is 54.4 Å². The summed E-state index contributed by atoms with van der Waals surface area (Å²) < 4.78 is 83.5. The lowest BCUT2D eigenvalue weighted by molar-refractivity contribution is -0.178. The fraction of sp³-hybridized carbons (Fsp3) is 0.409. The molecule has 0 radical (unpaired) electrons. The molecule has 10 nitrogen and oxygen atoms in total. The molecular weight excluding hydrogens is 644 g/mol. The van der Waals surface area contributed by atoms with E-state index in [-0.39, 0.29) is 6.61 Å². The summed E-state index contributed by atoms with van der Waals surface area (Å²) in [6, 6.07) is 15.6. The average molecular weight is 664 g/mol. The SMILES string of the molecule is [N-]=[N+]=N[C@@H]1[C@@H](OCc2ccccc2)[C@H](OS(=O)(=O)C(F)(F)F)[C@@H](COC(=N)C(Cl)(Cl)Cl)O[C@H]1Sc1ccccc1. The molecule has 1 N–H and O–H groups in total. The molecule has 18 heteroatoms. The highest BCUT2D eigenvalue weighted by atomic mass is 35.6. The lowest BCUT2D eigenvalue weighted by Gasteiger charge is -2.44. The van der Waals surface area contributed by atoms with Crippen molar-refractivity contribution in [1.29, 1.82) is 5.41 Å². The van der Waals surface area contributed by atoms with Crippen LogP contribution in [0.3, 0.4) is 0 Å². The largest absolute Gasteiger partial charge is 0.523 e. The molecule has 2 aromatic rings. The summed E-state index contributed by atoms with van der Waals surface area (Å²) in [7, 11) is -6.22. The second-order valence-electron chi connectivity index (χ2n) is 8.03. The third-order valence-electron chi connectivity index (χ3n) is 5.25. The standard InChI is InChI=1S/C22H20Cl3F3N4O6S2/c23-21(24,25)20(29)36-12-15-17(38-40(33,34)22(26,27)28)18(35-11-13-7-3-1-4-8-13)16(31-32-30)19(37-15)39-14-9-5-2-6-10-14/h1-10,15-19,29H,11-12H2/t15-,16-,17-,18-,19+/m1/s1. The van der Waals surface area contributed by atoms with Gasteiger partial charge in [0.1, 0.15) is 36.4 Å². The van der Waals surface area contributed by atoms with Crippen molar-refractivity contribution in [3.05, 3.63) is 76.7 Å². The molecule has 0 unspecified atom stereocenters. The molecule has 0 saturated carbocycles. The zero-order chi connectivity index (χ0) is 29.6. The van der Waals surface area contributed by atoms with Crippen LogP contribution in [0.2, 0.25) is 0 Å². The predicted molar refractivity (Wildman–Crippen MR) is 143 cm³/mol. The molecular formula is C22H20Cl3F3N4O6S2. The zero-order valence-electron chi connectivity index (χ0n) is 19.9. The Morgan fingerprint density at radius 2 is 1.68 bits per heavy atom. The first kappa shape index (κ1) is 32.6. The first-order valence-corrected chi connectivity index (χ1v) is 14.5. The smallest absolute Gasteiger partial charge is 0.475 e. The summed E-state index contributed by atoms with van der Waals surface area (Å²) in [5.74, 6) is -0.912. The normalized spacial score (nSPS) is 23.7. The van der Waals surface area contributed by atoms with Gasteiger partial charge in [-0.25, -0.2) is 0 Å². The number of thioether (sulfide) groups is 1. The fourth-order valence-corrected chi connectivity index (χ4v) is 5.39. The molecule has 0 aromatic heterocycles. The van der Waals surface area contributed by atoms with Crippen molar-refractivity contribution in [2.75, 3.05) is 6.61 Å². The maximum Gasteiger partial charge on any atom is 0.523 e. The number of ether oxygens (including phenoxy) is 3. The van der Waals surface area contributed by atoms with Gasteiger partial charge in [-0.15, -0.1) is 0 Å². The van der Waals surface area contributed by atoms with E-state index in [0.717, 1.165) is 11.8 Å². The number of benzene rings is 2. The second-order valence-corrected chi connectivity index (χ2v) is 13.0. The lowest BCUT2D eigenvalue weighted by atomic mass is 9.98. The van der Waals surface area contributed by atoms with Crippen molar-refractivity contribution in [3.8, 4) is 0 Å². The van der Waals surface area contributed by atoms with Gasteiger partial charge in [-0.05, 0) is 23.2 Å². The Balaban J connectivity index is 2.05. The number of hydrogen-bond donors (Lipinski definition) is 1. The van der Waals surface area contributed by atoms with Gasteiger partial charge in [0.05, 0.1) is 6.61 Å². The van der Waals surface area contributed by atoms with Crippen molar-refractivity contribution < 1.29 is 40.0 Å². The van der Waals surface area contributed by atoms with Crippen LogP contribution in [0.5, 0.6) is 0 Å². The summed E-state index contributed by atoms with van der Waals surface area (Å²) in [5, 5.41) is 11.4. The topological polar surface area (TPSA) is 144 Å². The number of hydrogen-bond acceptors (Lipinski definition) is 9. The quantitative estimate of drug-likeness (QED) is 0.0455. The molecule has 2 aromatic carbocycles. The van der Waals surface area contributed by atoms with Gasteiger partial charge in [0.2, 0.25) is 5.90 Å². The van der Waals surface area contributed by atoms with E-state index in [1.54, 1.807) is 60.7 Å². The van der Waals surface area contributed by atoms with Crippen molar-refractivity contribution in [3.63, 3.8) is 0 Å². The summed E-state index contributed by atoms with van der Waals surface area (Å²) in [6.07, 6.45) is -5.32. The molecule has 0 spiro atoms. The molecule has 1 aliphatic heterocycles. The minimum atomic E-state index is -6.22. The molecule has 0 aliphatic carbocycles. The van der Waals surface area contributed by atoms with Crippen molar-refractivity contribution in [2.24, 2.45) is 5.11 Å². The Morgan fingerprint density at radius 3 is 2.23 bits per heavy atom. The Morgan fingerprint density at radius 1 is 1.07 bits per heavy atom. The highest BCUT2D eigenvalue weighted by molar-refractivity contribution is 7.99. The van der Waals surface area contributed by atoms with Crippen LogP contribution in [0.4, 0.5) is 13.2 Å². The first-order chi connectivity index (χ1) is 18.7. The predicted octanol–water partition coefficient (Wildman–Crippen LogP) is 6.37. The third kappa shape index (κ3) is 8.78. The van der Waals surface area contributed by atoms with Gasteiger partial charge in [0.15, 0.2) is 0 Å². The number of alkyl halides is 6. The van der Waals surface area contributed by atoms with E-state index < -0.39 is 61.7 Å². The number of nitrogens with zero attached hydrogens (tertiary/aromatic N) is 3. The molecule has 5 atom stereocenters. The maximum atomic E-state index is 13.4. The molecule has 0 bridgehead atoms. The molecule has 1 saturated heterocycles. The van der Waals surface area contributed by atoms with Crippen LogP contribution in [0.1, 0.15) is 5.56 Å². The van der Waals surface area contributed by atoms with Crippen LogP contribution < -0.4 is 0 Å². The van der Waals surface area contributed by atoms with E-state index in [1.165, 1.54) is 0 Å². The van der Waals surface area contributed by atoms with Crippen molar-refractivity contribution >= 4 is 62.6 Å². The minimum Gasteiger partial charge on any atom is -0.475 e. The third-order valence-corrected chi connectivity index (χ3v) is 7.98. The van der Waals surface area contributed by atoms with Crippen LogP contribution in [0.25, 0.3) is 10.4 Å². The Hall–Kier alpha value is -1.94. The molecule has 218 valence electrons. The van der Waals surface area contributed by atoms with Crippen LogP contribution in [0.15, 0.2) is 70.7 Å². The van der Waals surface area contributed by atoms with Crippen LogP contribution in [-0.4, -0.2) is 60.0 Å². The van der Waals surface area contributed by atoms with E-state index in [1.807, 2.05) is 0 Å². The Kier molecular flexibility index (Phi) is 11.3. The first-order valence-electron chi connectivity index (χ1n) is 11.1. The number of halogens is 6. The minimum absolute atomic E-state index is 0.227. The fourth-order valence-electron chi connectivity index (χ4n) is 3.46. The Bertz CT molecular complexity index is 1300. The van der Waals surface area contributed by atoms with E-state index in [2.05, 4.69) is 14.2 Å². The zero-order valence-corrected chi connectivity index (χ0v) is 23.9. The van der Waals surface area contributed by atoms with E-state index >= 15 is 0 Å². The van der Waals surface area contributed by atoms with Gasteiger partial charge >= 0.3 is 15.6 Å². The highest BCUT2D eigenvalue weighted by Crippen LogP contribution is 2.40. The highest BCUT2D eigenvalue weighted by Gasteiger charge is 2.55. The monoisotopic (exact) mass is 662 g/mol. The van der Waals surface area contributed by atoms with Crippen molar-refractivity contribution in [2.45, 2.75) is 50.6 Å². The van der Waals surface area contributed by atoms with Gasteiger partial charge in [-0.2, -0.15) is 21.6 Å². The second kappa shape index (κ2) is 13.8. The summed E-state index contributed by atoms with van der Waals surface area (Å²) in [5.41, 5.74) is 2.92. The van der Waals surface area contributed by atoms with Crippen molar-refractivity contribution in [1.82, 2.24) is 0 Å². The molecule has 1 heterocycles. The van der Waals surface area contributed by atoms with E-state index in [0.29, 0.717) is 10.5 Å². The average Bonchev–Trinajstić information content (AvgIpc) is 2.88. The van der Waals surface area contributed by atoms with E-state index in [9.17, 15) is 27.1 Å². The Labute approximate surface area is 246 Å². The van der Waals surface area contributed by atoms with Gasteiger partial charge in [0, 0.05) is 9.81 Å². The summed E-state index contributed by atoms with van der Waals surface area (Å²) in [4.78, 5) is 3.39. The van der Waals surface area contributed by atoms with Gasteiger partial charge < -0.3 is 14.2 Å². The van der Waals surface area contributed by atoms with Crippen LogP contribution in [-0.2, 0) is 35.1 Å². The maximum absolute atomic E-state index is 13.4. The number of nitrogens with one attached hydrogen (secondary N) is 1. The number of rotatable bonds is 10. The van der Waals surface area contributed by atoms with Gasteiger partial charge in [-0.1, -0.05) is 100 Å². The van der Waals surface area contributed by atoms with Gasteiger partial charge in [0.25, 0.3) is 3.79 Å². The summed E-state index contributed by atoms with van der Waals surface area (Å²) >= 11 is 17.9. The van der Waals surface area contributed by atoms with Gasteiger partial charge in [-0.3, -0.25) is 9.59 Å². The molecule has 1 aliphatic rings. The molecule has 3 rings (SSSR count). The van der Waals surface area contributed by atoms with Crippen LogP contribution >= 0.6 is 46.6 Å². The molecule has 1 fully saturated rings. The lowest BCUT2D eigenvalue weighted by Crippen LogP contribution is -2.60. The molecule has 40 heavy (non-hydrogen) atoms. The summed E-state index contributed by atoms with van der Waals surface area (Å²) in [6.45, 7) is -1.01. The number of azide groups is 1. The van der Waals surface area contributed by atoms with Crippen LogP contribution in [0, 0.1) is 5.41 Å². The molecule has 0 amide bonds.